The Balaban J connectivity index is 1.26. The summed E-state index contributed by atoms with van der Waals surface area (Å²) in [6.07, 6.45) is 7.02. The van der Waals surface area contributed by atoms with Gasteiger partial charge in [-0.3, -0.25) is 9.91 Å². The molecule has 154 valence electrons. The topological polar surface area (TPSA) is 34.6 Å². The number of hydrazone groups is 1. The SMILES string of the molecule is C(=NN1CCN(C(c2ccccc2)c2ccccc2)CC1)c1cc2c([nH]1)CCCC2. The minimum Gasteiger partial charge on any atom is -0.357 e. The number of hydrogen-bond donors (Lipinski definition) is 1. The molecule has 2 aromatic carbocycles. The molecule has 1 fully saturated rings. The molecule has 30 heavy (non-hydrogen) atoms. The molecule has 0 bridgehead atoms. The first-order valence-corrected chi connectivity index (χ1v) is 11.2. The lowest BCUT2D eigenvalue weighted by molar-refractivity contribution is 0.113. The number of rotatable bonds is 5. The number of aromatic nitrogens is 1. The van der Waals surface area contributed by atoms with Crippen LogP contribution < -0.4 is 0 Å². The number of nitrogens with one attached hydrogen (secondary N) is 1. The van der Waals surface area contributed by atoms with Gasteiger partial charge in [0.05, 0.1) is 18.0 Å². The third-order valence-corrected chi connectivity index (χ3v) is 6.38. The summed E-state index contributed by atoms with van der Waals surface area (Å²) in [6.45, 7) is 3.92. The van der Waals surface area contributed by atoms with Crippen molar-refractivity contribution in [1.29, 1.82) is 0 Å². The maximum Gasteiger partial charge on any atom is 0.0705 e. The van der Waals surface area contributed by atoms with E-state index in [4.69, 9.17) is 5.10 Å². The molecular weight excluding hydrogens is 368 g/mol. The van der Waals surface area contributed by atoms with Crippen molar-refractivity contribution in [2.75, 3.05) is 26.2 Å². The van der Waals surface area contributed by atoms with Crippen molar-refractivity contribution in [3.05, 3.63) is 94.8 Å². The number of nitrogens with zero attached hydrogens (tertiary/aromatic N) is 3. The van der Waals surface area contributed by atoms with Crippen molar-refractivity contribution in [2.45, 2.75) is 31.7 Å². The molecule has 0 unspecified atom stereocenters. The summed E-state index contributed by atoms with van der Waals surface area (Å²) in [5.74, 6) is 0. The molecule has 0 spiro atoms. The van der Waals surface area contributed by atoms with E-state index in [1.165, 1.54) is 48.1 Å². The number of piperazine rings is 1. The Morgan fingerprint density at radius 2 is 1.43 bits per heavy atom. The first-order valence-electron chi connectivity index (χ1n) is 11.2. The van der Waals surface area contributed by atoms with Crippen molar-refractivity contribution in [3.8, 4) is 0 Å². The van der Waals surface area contributed by atoms with Gasteiger partial charge >= 0.3 is 0 Å². The Hall–Kier alpha value is -2.85. The van der Waals surface area contributed by atoms with Crippen LogP contribution in [0.25, 0.3) is 0 Å². The van der Waals surface area contributed by atoms with Gasteiger partial charge in [-0.15, -0.1) is 0 Å². The highest BCUT2D eigenvalue weighted by Gasteiger charge is 2.25. The van der Waals surface area contributed by atoms with E-state index in [9.17, 15) is 0 Å². The van der Waals surface area contributed by atoms with Gasteiger partial charge in [0.2, 0.25) is 0 Å². The quantitative estimate of drug-likeness (QED) is 0.636. The van der Waals surface area contributed by atoms with Crippen LogP contribution in [-0.4, -0.2) is 47.3 Å². The fourth-order valence-electron chi connectivity index (χ4n) is 4.81. The summed E-state index contributed by atoms with van der Waals surface area (Å²) in [4.78, 5) is 6.14. The third-order valence-electron chi connectivity index (χ3n) is 6.38. The minimum atomic E-state index is 0.300. The van der Waals surface area contributed by atoms with Gasteiger partial charge in [0, 0.05) is 31.9 Å². The van der Waals surface area contributed by atoms with E-state index in [0.717, 1.165) is 31.9 Å². The molecule has 5 rings (SSSR count). The number of hydrogen-bond acceptors (Lipinski definition) is 3. The number of benzene rings is 2. The number of aromatic amines is 1. The lowest BCUT2D eigenvalue weighted by atomic mass is 9.96. The molecule has 1 aliphatic heterocycles. The normalized spacial score (nSPS) is 17.6. The summed E-state index contributed by atoms with van der Waals surface area (Å²) in [5.41, 5.74) is 6.77. The van der Waals surface area contributed by atoms with Crippen LogP contribution in [0.3, 0.4) is 0 Å². The predicted octanol–water partition coefficient (Wildman–Crippen LogP) is 4.63. The molecule has 1 aromatic heterocycles. The van der Waals surface area contributed by atoms with Crippen LogP contribution in [-0.2, 0) is 12.8 Å². The molecule has 2 heterocycles. The van der Waals surface area contributed by atoms with Gasteiger partial charge in [0.1, 0.15) is 0 Å². The van der Waals surface area contributed by atoms with Crippen molar-refractivity contribution in [3.63, 3.8) is 0 Å². The third kappa shape index (κ3) is 4.19. The molecule has 1 N–H and O–H groups in total. The van der Waals surface area contributed by atoms with Crippen molar-refractivity contribution < 1.29 is 0 Å². The van der Waals surface area contributed by atoms with Crippen molar-refractivity contribution in [1.82, 2.24) is 14.9 Å². The van der Waals surface area contributed by atoms with Gasteiger partial charge in [-0.05, 0) is 48.4 Å². The van der Waals surface area contributed by atoms with E-state index in [2.05, 4.69) is 81.6 Å². The average Bonchev–Trinajstić information content (AvgIpc) is 3.23. The zero-order valence-corrected chi connectivity index (χ0v) is 17.5. The second-order valence-corrected chi connectivity index (χ2v) is 8.39. The summed E-state index contributed by atoms with van der Waals surface area (Å²) in [6, 6.07) is 24.3. The summed E-state index contributed by atoms with van der Waals surface area (Å²) < 4.78 is 0. The second kappa shape index (κ2) is 8.88. The van der Waals surface area contributed by atoms with E-state index >= 15 is 0 Å². The largest absolute Gasteiger partial charge is 0.357 e. The molecule has 0 radical (unpaired) electrons. The standard InChI is InChI=1S/C26H30N4/c1-3-9-21(10-4-1)26(22-11-5-2-6-12-22)29-15-17-30(18-16-29)27-20-24-19-23-13-7-8-14-25(23)28-24/h1-6,9-12,19-20,26,28H,7-8,13-18H2. The molecule has 1 aliphatic carbocycles. The minimum absolute atomic E-state index is 0.300. The summed E-state index contributed by atoms with van der Waals surface area (Å²) >= 11 is 0. The van der Waals surface area contributed by atoms with E-state index in [1.807, 2.05) is 6.21 Å². The zero-order chi connectivity index (χ0) is 20.2. The maximum atomic E-state index is 4.79. The Morgan fingerprint density at radius 1 is 0.800 bits per heavy atom. The first-order chi connectivity index (χ1) is 14.9. The first kappa shape index (κ1) is 19.1. The molecule has 4 nitrogen and oxygen atoms in total. The van der Waals surface area contributed by atoms with Crippen molar-refractivity contribution in [2.24, 2.45) is 5.10 Å². The van der Waals surface area contributed by atoms with Crippen molar-refractivity contribution >= 4 is 6.21 Å². The van der Waals surface area contributed by atoms with Crippen LogP contribution in [0, 0.1) is 0 Å². The second-order valence-electron chi connectivity index (χ2n) is 8.39. The molecule has 4 heteroatoms. The van der Waals surface area contributed by atoms with Crippen LogP contribution in [0.2, 0.25) is 0 Å². The Bertz CT molecular complexity index is 906. The molecular formula is C26H30N4. The highest BCUT2D eigenvalue weighted by atomic mass is 15.5. The number of fused-ring (bicyclic) bond motifs is 1. The summed E-state index contributed by atoms with van der Waals surface area (Å²) in [5, 5.41) is 7.00. The van der Waals surface area contributed by atoms with E-state index in [1.54, 1.807) is 0 Å². The predicted molar refractivity (Wildman–Crippen MR) is 123 cm³/mol. The number of aryl methyl sites for hydroxylation is 2. The molecule has 3 aromatic rings. The van der Waals surface area contributed by atoms with E-state index in [-0.39, 0.29) is 0 Å². The zero-order valence-electron chi connectivity index (χ0n) is 17.5. The molecule has 1 saturated heterocycles. The number of H-pyrrole nitrogens is 1. The van der Waals surface area contributed by atoms with Gasteiger partial charge in [-0.2, -0.15) is 5.10 Å². The maximum absolute atomic E-state index is 4.79. The average molecular weight is 399 g/mol. The Labute approximate surface area is 179 Å². The fraction of sp³-hybridized carbons (Fsp3) is 0.346. The fourth-order valence-corrected chi connectivity index (χ4v) is 4.81. The smallest absolute Gasteiger partial charge is 0.0705 e. The lowest BCUT2D eigenvalue weighted by Gasteiger charge is -2.38. The highest BCUT2D eigenvalue weighted by Crippen LogP contribution is 2.29. The van der Waals surface area contributed by atoms with Gasteiger partial charge in [0.25, 0.3) is 0 Å². The van der Waals surface area contributed by atoms with Gasteiger partial charge < -0.3 is 4.98 Å². The van der Waals surface area contributed by atoms with Crippen LogP contribution in [0.1, 0.15) is 47.0 Å². The molecule has 0 amide bonds. The highest BCUT2D eigenvalue weighted by molar-refractivity contribution is 5.77. The lowest BCUT2D eigenvalue weighted by Crippen LogP contribution is -2.45. The molecule has 0 atom stereocenters. The van der Waals surface area contributed by atoms with Gasteiger partial charge in [0.15, 0.2) is 0 Å². The summed E-state index contributed by atoms with van der Waals surface area (Å²) in [7, 11) is 0. The van der Waals surface area contributed by atoms with E-state index < -0.39 is 0 Å². The Kier molecular flexibility index (Phi) is 5.67. The molecule has 0 saturated carbocycles. The Morgan fingerprint density at radius 3 is 2.07 bits per heavy atom. The van der Waals surface area contributed by atoms with Crippen LogP contribution in [0.5, 0.6) is 0 Å². The van der Waals surface area contributed by atoms with Crippen LogP contribution >= 0.6 is 0 Å². The van der Waals surface area contributed by atoms with Gasteiger partial charge in [-0.25, -0.2) is 0 Å². The molecule has 2 aliphatic rings. The van der Waals surface area contributed by atoms with Crippen LogP contribution in [0.15, 0.2) is 71.8 Å². The monoisotopic (exact) mass is 398 g/mol. The van der Waals surface area contributed by atoms with Crippen LogP contribution in [0.4, 0.5) is 0 Å². The van der Waals surface area contributed by atoms with E-state index in [0.29, 0.717) is 6.04 Å². The van der Waals surface area contributed by atoms with Gasteiger partial charge in [-0.1, -0.05) is 60.7 Å².